The zero-order valence-corrected chi connectivity index (χ0v) is 15.2. The second-order valence-electron chi connectivity index (χ2n) is 6.60. The maximum absolute atomic E-state index is 10.9. The van der Waals surface area contributed by atoms with Crippen LogP contribution in [0, 0.1) is 0 Å². The van der Waals surface area contributed by atoms with Crippen LogP contribution < -0.4 is 0 Å². The molecule has 0 aromatic heterocycles. The fourth-order valence-electron chi connectivity index (χ4n) is 2.68. The van der Waals surface area contributed by atoms with E-state index in [4.69, 9.17) is 5.11 Å². The van der Waals surface area contributed by atoms with Crippen molar-refractivity contribution in [2.24, 2.45) is 0 Å². The van der Waals surface area contributed by atoms with Gasteiger partial charge in [-0.15, -0.1) is 0 Å². The van der Waals surface area contributed by atoms with Crippen LogP contribution in [-0.2, 0) is 4.79 Å². The molecule has 2 unspecified atom stereocenters. The Morgan fingerprint density at radius 2 is 1.26 bits per heavy atom. The Morgan fingerprint density at radius 1 is 0.826 bits per heavy atom. The molecule has 0 spiro atoms. The van der Waals surface area contributed by atoms with Gasteiger partial charge in [0, 0.05) is 5.57 Å². The third kappa shape index (κ3) is 10.5. The SMILES string of the molecule is CCCCCCCCCCCCC(O)C(O)C(C)=C(C)C(=O)O. The number of aliphatic hydroxyl groups is 2. The maximum Gasteiger partial charge on any atom is 0.331 e. The van der Waals surface area contributed by atoms with Crippen LogP contribution in [0.3, 0.4) is 0 Å². The molecule has 0 saturated heterocycles. The van der Waals surface area contributed by atoms with Gasteiger partial charge in [0.25, 0.3) is 0 Å². The summed E-state index contributed by atoms with van der Waals surface area (Å²) in [5, 5.41) is 28.8. The van der Waals surface area contributed by atoms with Crippen molar-refractivity contribution < 1.29 is 20.1 Å². The molecule has 0 aromatic rings. The number of hydrogen-bond donors (Lipinski definition) is 3. The smallest absolute Gasteiger partial charge is 0.331 e. The van der Waals surface area contributed by atoms with Crippen molar-refractivity contribution in [1.29, 1.82) is 0 Å². The summed E-state index contributed by atoms with van der Waals surface area (Å²) in [5.41, 5.74) is 0.455. The van der Waals surface area contributed by atoms with Crippen molar-refractivity contribution in [2.45, 2.75) is 104 Å². The quantitative estimate of drug-likeness (QED) is 0.325. The van der Waals surface area contributed by atoms with Crippen molar-refractivity contribution in [3.63, 3.8) is 0 Å². The molecule has 0 aliphatic rings. The fourth-order valence-corrected chi connectivity index (χ4v) is 2.68. The van der Waals surface area contributed by atoms with Crippen LogP contribution in [0.25, 0.3) is 0 Å². The van der Waals surface area contributed by atoms with E-state index in [-0.39, 0.29) is 5.57 Å². The second kappa shape index (κ2) is 13.6. The molecule has 0 rings (SSSR count). The molecule has 136 valence electrons. The summed E-state index contributed by atoms with van der Waals surface area (Å²) in [6.07, 6.45) is 10.8. The van der Waals surface area contributed by atoms with Gasteiger partial charge in [-0.3, -0.25) is 0 Å². The third-order valence-electron chi connectivity index (χ3n) is 4.57. The van der Waals surface area contributed by atoms with Gasteiger partial charge in [-0.05, 0) is 25.8 Å². The Hall–Kier alpha value is -0.870. The van der Waals surface area contributed by atoms with E-state index in [0.717, 1.165) is 12.8 Å². The van der Waals surface area contributed by atoms with E-state index in [1.807, 2.05) is 0 Å². The van der Waals surface area contributed by atoms with Gasteiger partial charge in [-0.1, -0.05) is 71.1 Å². The van der Waals surface area contributed by atoms with Crippen molar-refractivity contribution >= 4 is 5.97 Å². The molecule has 0 heterocycles. The minimum Gasteiger partial charge on any atom is -0.478 e. The van der Waals surface area contributed by atoms with Gasteiger partial charge in [-0.2, -0.15) is 0 Å². The van der Waals surface area contributed by atoms with Gasteiger partial charge in [0.2, 0.25) is 0 Å². The molecule has 3 N–H and O–H groups in total. The second-order valence-corrected chi connectivity index (χ2v) is 6.60. The normalized spacial score (nSPS) is 15.2. The van der Waals surface area contributed by atoms with E-state index in [2.05, 4.69) is 6.92 Å². The first kappa shape index (κ1) is 22.1. The van der Waals surface area contributed by atoms with Gasteiger partial charge in [0.05, 0.1) is 6.10 Å². The van der Waals surface area contributed by atoms with Gasteiger partial charge in [-0.25, -0.2) is 4.79 Å². The number of aliphatic carboxylic acids is 1. The van der Waals surface area contributed by atoms with Crippen molar-refractivity contribution in [3.05, 3.63) is 11.1 Å². The highest BCUT2D eigenvalue weighted by Crippen LogP contribution is 2.17. The van der Waals surface area contributed by atoms with Crippen LogP contribution in [0.4, 0.5) is 0 Å². The lowest BCUT2D eigenvalue weighted by molar-refractivity contribution is -0.132. The third-order valence-corrected chi connectivity index (χ3v) is 4.57. The molecule has 4 heteroatoms. The van der Waals surface area contributed by atoms with E-state index in [1.165, 1.54) is 58.3 Å². The summed E-state index contributed by atoms with van der Waals surface area (Å²) >= 11 is 0. The Morgan fingerprint density at radius 3 is 1.70 bits per heavy atom. The first-order chi connectivity index (χ1) is 10.9. The van der Waals surface area contributed by atoms with E-state index >= 15 is 0 Å². The number of rotatable bonds is 14. The Kier molecular flexibility index (Phi) is 13.0. The van der Waals surface area contributed by atoms with E-state index in [9.17, 15) is 15.0 Å². The Labute approximate surface area is 141 Å². The summed E-state index contributed by atoms with van der Waals surface area (Å²) in [5.74, 6) is -1.05. The summed E-state index contributed by atoms with van der Waals surface area (Å²) < 4.78 is 0. The molecular formula is C19H36O4. The number of hydrogen-bond acceptors (Lipinski definition) is 3. The first-order valence-corrected chi connectivity index (χ1v) is 9.18. The van der Waals surface area contributed by atoms with Gasteiger partial charge in [0.15, 0.2) is 0 Å². The molecule has 0 aliphatic carbocycles. The van der Waals surface area contributed by atoms with E-state index in [1.54, 1.807) is 6.92 Å². The Balaban J connectivity index is 3.73. The molecule has 0 aromatic carbocycles. The zero-order chi connectivity index (χ0) is 17.7. The number of carboxylic acids is 1. The van der Waals surface area contributed by atoms with Crippen molar-refractivity contribution in [1.82, 2.24) is 0 Å². The van der Waals surface area contributed by atoms with Crippen LogP contribution in [-0.4, -0.2) is 33.5 Å². The molecule has 0 saturated carbocycles. The van der Waals surface area contributed by atoms with Gasteiger partial charge < -0.3 is 15.3 Å². The van der Waals surface area contributed by atoms with Crippen molar-refractivity contribution in [2.75, 3.05) is 0 Å². The van der Waals surface area contributed by atoms with E-state index < -0.39 is 18.2 Å². The monoisotopic (exact) mass is 328 g/mol. The van der Waals surface area contributed by atoms with Gasteiger partial charge >= 0.3 is 5.97 Å². The molecule has 0 bridgehead atoms. The lowest BCUT2D eigenvalue weighted by Gasteiger charge is -2.19. The largest absolute Gasteiger partial charge is 0.478 e. The average Bonchev–Trinajstić information content (AvgIpc) is 2.54. The minimum absolute atomic E-state index is 0.111. The molecule has 0 fully saturated rings. The average molecular weight is 328 g/mol. The first-order valence-electron chi connectivity index (χ1n) is 9.18. The van der Waals surface area contributed by atoms with Gasteiger partial charge in [0.1, 0.15) is 6.10 Å². The molecule has 0 aliphatic heterocycles. The highest BCUT2D eigenvalue weighted by Gasteiger charge is 2.20. The topological polar surface area (TPSA) is 77.8 Å². The molecule has 23 heavy (non-hydrogen) atoms. The highest BCUT2D eigenvalue weighted by molar-refractivity contribution is 5.86. The van der Waals surface area contributed by atoms with Crippen LogP contribution in [0.15, 0.2) is 11.1 Å². The predicted molar refractivity (Wildman–Crippen MR) is 94.5 cm³/mol. The van der Waals surface area contributed by atoms with Crippen LogP contribution in [0.5, 0.6) is 0 Å². The van der Waals surface area contributed by atoms with Crippen LogP contribution in [0.1, 0.15) is 91.4 Å². The summed E-state index contributed by atoms with van der Waals surface area (Å²) in [7, 11) is 0. The Bertz CT molecular complexity index is 349. The number of carbonyl (C=O) groups is 1. The number of unbranched alkanes of at least 4 members (excludes halogenated alkanes) is 9. The summed E-state index contributed by atoms with van der Waals surface area (Å²) in [6.45, 7) is 5.25. The van der Waals surface area contributed by atoms with Crippen molar-refractivity contribution in [3.8, 4) is 0 Å². The zero-order valence-electron chi connectivity index (χ0n) is 15.2. The van der Waals surface area contributed by atoms with E-state index in [0.29, 0.717) is 12.0 Å². The fraction of sp³-hybridized carbons (Fsp3) is 0.842. The maximum atomic E-state index is 10.9. The summed E-state index contributed by atoms with van der Waals surface area (Å²) in [6, 6.07) is 0. The highest BCUT2D eigenvalue weighted by atomic mass is 16.4. The lowest BCUT2D eigenvalue weighted by Crippen LogP contribution is -2.28. The molecule has 0 radical (unpaired) electrons. The lowest BCUT2D eigenvalue weighted by atomic mass is 9.97. The van der Waals surface area contributed by atoms with Crippen LogP contribution in [0.2, 0.25) is 0 Å². The van der Waals surface area contributed by atoms with Crippen LogP contribution >= 0.6 is 0 Å². The molecule has 4 nitrogen and oxygen atoms in total. The molecule has 2 atom stereocenters. The predicted octanol–water partition coefficient (Wildman–Crippen LogP) is 4.44. The minimum atomic E-state index is -1.08. The number of carboxylic acid groups (broad SMARTS) is 1. The molecular weight excluding hydrogens is 292 g/mol. The number of aliphatic hydroxyl groups excluding tert-OH is 2. The standard InChI is InChI=1S/C19H36O4/c1-4-5-6-7-8-9-10-11-12-13-14-17(20)18(21)15(2)16(3)19(22)23/h17-18,20-21H,4-14H2,1-3H3,(H,22,23). The molecule has 0 amide bonds. The summed E-state index contributed by atoms with van der Waals surface area (Å²) in [4.78, 5) is 10.9.